The molecule has 0 fully saturated rings. The van der Waals surface area contributed by atoms with Gasteiger partial charge in [-0.2, -0.15) is 0 Å². The SMILES string of the molecule is CCOC(=O)CCCCCCNC(=NC)Nc1ccc2c(c1)OCCCO2. The normalized spacial score (nSPS) is 13.6. The van der Waals surface area contributed by atoms with Crippen LogP contribution in [-0.2, 0) is 9.53 Å². The van der Waals surface area contributed by atoms with Crippen molar-refractivity contribution in [2.75, 3.05) is 38.7 Å². The van der Waals surface area contributed by atoms with Crippen molar-refractivity contribution < 1.29 is 19.0 Å². The Kier molecular flexibility index (Phi) is 9.30. The summed E-state index contributed by atoms with van der Waals surface area (Å²) < 4.78 is 16.3. The lowest BCUT2D eigenvalue weighted by atomic mass is 10.1. The maximum absolute atomic E-state index is 11.3. The van der Waals surface area contributed by atoms with Crippen molar-refractivity contribution in [3.05, 3.63) is 18.2 Å². The molecule has 1 aromatic rings. The number of hydrogen-bond acceptors (Lipinski definition) is 5. The number of aliphatic imine (C=N–C) groups is 1. The standard InChI is InChI=1S/C20H31N3O4/c1-3-25-19(24)9-6-4-5-7-12-22-20(21-2)23-16-10-11-17-18(15-16)27-14-8-13-26-17/h10-11,15H,3-9,12-14H2,1-2H3,(H2,21,22,23). The van der Waals surface area contributed by atoms with E-state index in [1.54, 1.807) is 7.05 Å². The van der Waals surface area contributed by atoms with E-state index >= 15 is 0 Å². The summed E-state index contributed by atoms with van der Waals surface area (Å²) in [7, 11) is 1.75. The number of anilines is 1. The van der Waals surface area contributed by atoms with Crippen LogP contribution in [-0.4, -0.2) is 45.3 Å². The van der Waals surface area contributed by atoms with E-state index in [0.717, 1.165) is 61.8 Å². The monoisotopic (exact) mass is 377 g/mol. The molecule has 0 amide bonds. The number of carbonyl (C=O) groups is 1. The Hall–Kier alpha value is -2.44. The van der Waals surface area contributed by atoms with E-state index in [0.29, 0.717) is 26.2 Å². The highest BCUT2D eigenvalue weighted by Crippen LogP contribution is 2.32. The van der Waals surface area contributed by atoms with Crippen LogP contribution in [0.25, 0.3) is 0 Å². The highest BCUT2D eigenvalue weighted by Gasteiger charge is 2.11. The van der Waals surface area contributed by atoms with E-state index in [9.17, 15) is 4.79 Å². The first-order valence-corrected chi connectivity index (χ1v) is 9.76. The lowest BCUT2D eigenvalue weighted by Gasteiger charge is -2.14. The van der Waals surface area contributed by atoms with Crippen LogP contribution in [0, 0.1) is 0 Å². The van der Waals surface area contributed by atoms with Crippen LogP contribution in [0.1, 0.15) is 45.4 Å². The van der Waals surface area contributed by atoms with E-state index in [-0.39, 0.29) is 5.97 Å². The van der Waals surface area contributed by atoms with Gasteiger partial charge < -0.3 is 24.8 Å². The van der Waals surface area contributed by atoms with Gasteiger partial charge in [-0.3, -0.25) is 9.79 Å². The molecule has 0 aliphatic carbocycles. The topological polar surface area (TPSA) is 81.2 Å². The quantitative estimate of drug-likeness (QED) is 0.297. The number of nitrogens with zero attached hydrogens (tertiary/aromatic N) is 1. The van der Waals surface area contributed by atoms with Gasteiger partial charge in [0.1, 0.15) is 0 Å². The van der Waals surface area contributed by atoms with Crippen LogP contribution in [0.15, 0.2) is 23.2 Å². The Labute approximate surface area is 161 Å². The van der Waals surface area contributed by atoms with Gasteiger partial charge in [-0.25, -0.2) is 0 Å². The summed E-state index contributed by atoms with van der Waals surface area (Å²) in [6, 6.07) is 5.80. The highest BCUT2D eigenvalue weighted by atomic mass is 16.5. The minimum atomic E-state index is -0.102. The molecule has 0 radical (unpaired) electrons. The number of nitrogens with one attached hydrogen (secondary N) is 2. The van der Waals surface area contributed by atoms with Gasteiger partial charge in [0.25, 0.3) is 0 Å². The Morgan fingerprint density at radius 2 is 1.93 bits per heavy atom. The second kappa shape index (κ2) is 12.0. The fraction of sp³-hybridized carbons (Fsp3) is 0.600. The maximum atomic E-state index is 11.3. The van der Waals surface area contributed by atoms with E-state index in [1.165, 1.54) is 0 Å². The maximum Gasteiger partial charge on any atom is 0.305 e. The summed E-state index contributed by atoms with van der Waals surface area (Å²) in [5.41, 5.74) is 0.904. The first-order valence-electron chi connectivity index (χ1n) is 9.76. The predicted molar refractivity (Wildman–Crippen MR) is 107 cm³/mol. The van der Waals surface area contributed by atoms with Crippen LogP contribution in [0.2, 0.25) is 0 Å². The van der Waals surface area contributed by atoms with Gasteiger partial charge in [-0.05, 0) is 31.9 Å². The zero-order valence-corrected chi connectivity index (χ0v) is 16.4. The molecule has 1 aliphatic rings. The number of rotatable bonds is 9. The largest absolute Gasteiger partial charge is 0.490 e. The number of fused-ring (bicyclic) bond motifs is 1. The molecule has 1 aliphatic heterocycles. The number of carbonyl (C=O) groups excluding carboxylic acids is 1. The van der Waals surface area contributed by atoms with Crippen molar-refractivity contribution in [1.82, 2.24) is 5.32 Å². The summed E-state index contributed by atoms with van der Waals surface area (Å²) in [6.45, 7) is 4.46. The Morgan fingerprint density at radius 3 is 2.70 bits per heavy atom. The van der Waals surface area contributed by atoms with Crippen molar-refractivity contribution in [2.45, 2.75) is 45.4 Å². The fourth-order valence-corrected chi connectivity index (χ4v) is 2.74. The second-order valence-corrected chi connectivity index (χ2v) is 6.31. The second-order valence-electron chi connectivity index (χ2n) is 6.31. The molecule has 0 unspecified atom stereocenters. The molecule has 0 spiro atoms. The third-order valence-corrected chi connectivity index (χ3v) is 4.14. The van der Waals surface area contributed by atoms with Gasteiger partial charge >= 0.3 is 5.97 Å². The molecule has 27 heavy (non-hydrogen) atoms. The van der Waals surface area contributed by atoms with Crippen molar-refractivity contribution in [3.8, 4) is 11.5 Å². The molecular formula is C20H31N3O4. The molecule has 1 heterocycles. The van der Waals surface area contributed by atoms with E-state index in [4.69, 9.17) is 14.2 Å². The molecule has 2 N–H and O–H groups in total. The molecule has 0 saturated heterocycles. The zero-order valence-electron chi connectivity index (χ0n) is 16.4. The summed E-state index contributed by atoms with van der Waals surface area (Å²) in [6.07, 6.45) is 5.38. The van der Waals surface area contributed by atoms with Gasteiger partial charge in [0.15, 0.2) is 17.5 Å². The lowest BCUT2D eigenvalue weighted by molar-refractivity contribution is -0.143. The Morgan fingerprint density at radius 1 is 1.15 bits per heavy atom. The minimum Gasteiger partial charge on any atom is -0.490 e. The number of unbranched alkanes of at least 4 members (excludes halogenated alkanes) is 3. The third kappa shape index (κ3) is 7.76. The number of guanidine groups is 1. The number of hydrogen-bond donors (Lipinski definition) is 2. The van der Waals surface area contributed by atoms with Crippen LogP contribution in [0.5, 0.6) is 11.5 Å². The molecule has 1 aromatic carbocycles. The van der Waals surface area contributed by atoms with Crippen LogP contribution in [0.3, 0.4) is 0 Å². The third-order valence-electron chi connectivity index (χ3n) is 4.14. The average Bonchev–Trinajstić information content (AvgIpc) is 2.91. The Bertz CT molecular complexity index is 619. The molecule has 7 nitrogen and oxygen atoms in total. The highest BCUT2D eigenvalue weighted by molar-refractivity contribution is 5.93. The molecule has 0 bridgehead atoms. The summed E-state index contributed by atoms with van der Waals surface area (Å²) in [4.78, 5) is 15.5. The van der Waals surface area contributed by atoms with Gasteiger partial charge in [0, 0.05) is 38.2 Å². The zero-order chi connectivity index (χ0) is 19.3. The molecule has 0 atom stereocenters. The van der Waals surface area contributed by atoms with Gasteiger partial charge in [0.05, 0.1) is 19.8 Å². The molecular weight excluding hydrogens is 346 g/mol. The van der Waals surface area contributed by atoms with Crippen molar-refractivity contribution in [1.29, 1.82) is 0 Å². The summed E-state index contributed by atoms with van der Waals surface area (Å²) in [5.74, 6) is 2.16. The van der Waals surface area contributed by atoms with E-state index < -0.39 is 0 Å². The van der Waals surface area contributed by atoms with Crippen molar-refractivity contribution in [3.63, 3.8) is 0 Å². The van der Waals surface area contributed by atoms with Gasteiger partial charge in [-0.15, -0.1) is 0 Å². The fourth-order valence-electron chi connectivity index (χ4n) is 2.74. The number of esters is 1. The van der Waals surface area contributed by atoms with Crippen LogP contribution >= 0.6 is 0 Å². The first kappa shape index (κ1) is 20.9. The molecule has 0 aromatic heterocycles. The summed E-state index contributed by atoms with van der Waals surface area (Å²) in [5, 5.41) is 6.58. The van der Waals surface area contributed by atoms with E-state index in [2.05, 4.69) is 15.6 Å². The Balaban J connectivity index is 1.66. The average molecular weight is 377 g/mol. The first-order chi connectivity index (χ1) is 13.2. The smallest absolute Gasteiger partial charge is 0.305 e. The predicted octanol–water partition coefficient (Wildman–Crippen LogP) is 3.35. The van der Waals surface area contributed by atoms with Gasteiger partial charge in [0.2, 0.25) is 0 Å². The molecule has 2 rings (SSSR count). The number of benzene rings is 1. The van der Waals surface area contributed by atoms with Crippen LogP contribution < -0.4 is 20.1 Å². The molecule has 0 saturated carbocycles. The van der Waals surface area contributed by atoms with Crippen molar-refractivity contribution in [2.24, 2.45) is 4.99 Å². The van der Waals surface area contributed by atoms with Gasteiger partial charge in [-0.1, -0.05) is 12.8 Å². The molecule has 7 heteroatoms. The summed E-state index contributed by atoms with van der Waals surface area (Å²) >= 11 is 0. The minimum absolute atomic E-state index is 0.102. The van der Waals surface area contributed by atoms with E-state index in [1.807, 2.05) is 25.1 Å². The van der Waals surface area contributed by atoms with Crippen molar-refractivity contribution >= 4 is 17.6 Å². The molecule has 150 valence electrons. The van der Waals surface area contributed by atoms with Crippen LogP contribution in [0.4, 0.5) is 5.69 Å². The number of ether oxygens (including phenoxy) is 3. The lowest BCUT2D eigenvalue weighted by Crippen LogP contribution is -2.31.